The highest BCUT2D eigenvalue weighted by Gasteiger charge is 2.48. The van der Waals surface area contributed by atoms with Gasteiger partial charge in [-0.25, -0.2) is 9.97 Å². The van der Waals surface area contributed by atoms with Crippen molar-refractivity contribution in [2.24, 2.45) is 17.8 Å². The van der Waals surface area contributed by atoms with Crippen molar-refractivity contribution < 1.29 is 9.59 Å². The Morgan fingerprint density at radius 3 is 2.39 bits per heavy atom. The lowest BCUT2D eigenvalue weighted by Gasteiger charge is -2.12. The second-order valence-corrected chi connectivity index (χ2v) is 4.94. The second-order valence-electron chi connectivity index (χ2n) is 4.94. The minimum atomic E-state index is -0.493. The lowest BCUT2D eigenvalue weighted by atomic mass is 10.0. The first-order valence-corrected chi connectivity index (χ1v) is 6.11. The van der Waals surface area contributed by atoms with E-state index in [9.17, 15) is 9.59 Å². The zero-order valence-electron chi connectivity index (χ0n) is 9.80. The van der Waals surface area contributed by atoms with Crippen LogP contribution in [0.25, 0.3) is 0 Å². The highest BCUT2D eigenvalue weighted by Crippen LogP contribution is 2.54. The minimum absolute atomic E-state index is 0.0470. The van der Waals surface area contributed by atoms with Crippen molar-refractivity contribution >= 4 is 11.8 Å². The molecule has 0 bridgehead atoms. The fraction of sp³-hybridized carbons (Fsp3) is 0.500. The summed E-state index contributed by atoms with van der Waals surface area (Å²) in [6, 6.07) is 1.63. The standard InChI is InChI=1S/C12H14N4O2/c17-11(9-5-7-4-8(7)6-9)15-16-12(18)10-13-2-1-3-14-10/h1-3,7-9H,4-6H2,(H,15,17)(H,16,18)/t7-,8+,9?. The Kier molecular flexibility index (Phi) is 2.70. The molecule has 2 fully saturated rings. The van der Waals surface area contributed by atoms with Crippen LogP contribution < -0.4 is 10.9 Å². The quantitative estimate of drug-likeness (QED) is 0.734. The number of nitrogens with one attached hydrogen (secondary N) is 2. The van der Waals surface area contributed by atoms with Crippen molar-refractivity contribution in [2.45, 2.75) is 19.3 Å². The minimum Gasteiger partial charge on any atom is -0.273 e. The van der Waals surface area contributed by atoms with Crippen LogP contribution in [0.3, 0.4) is 0 Å². The lowest BCUT2D eigenvalue weighted by molar-refractivity contribution is -0.125. The topological polar surface area (TPSA) is 84.0 Å². The summed E-state index contributed by atoms with van der Waals surface area (Å²) >= 11 is 0. The molecule has 2 aliphatic rings. The van der Waals surface area contributed by atoms with Crippen LogP contribution in [0.1, 0.15) is 29.9 Å². The van der Waals surface area contributed by atoms with E-state index >= 15 is 0 Å². The van der Waals surface area contributed by atoms with Crippen LogP contribution in [0, 0.1) is 17.8 Å². The van der Waals surface area contributed by atoms with Crippen molar-refractivity contribution in [2.75, 3.05) is 0 Å². The summed E-state index contributed by atoms with van der Waals surface area (Å²) in [5, 5.41) is 0. The molecule has 2 N–H and O–H groups in total. The molecule has 0 aliphatic heterocycles. The van der Waals surface area contributed by atoms with Crippen LogP contribution in [0.2, 0.25) is 0 Å². The second kappa shape index (κ2) is 4.36. The monoisotopic (exact) mass is 246 g/mol. The van der Waals surface area contributed by atoms with Crippen LogP contribution in [0.15, 0.2) is 18.5 Å². The number of carbonyl (C=O) groups excluding carboxylic acids is 2. The average Bonchev–Trinajstić information content (AvgIpc) is 3.03. The number of hydrazine groups is 1. The third kappa shape index (κ3) is 2.18. The number of hydrogen-bond acceptors (Lipinski definition) is 4. The summed E-state index contributed by atoms with van der Waals surface area (Å²) < 4.78 is 0. The van der Waals surface area contributed by atoms with Gasteiger partial charge in [0.25, 0.3) is 0 Å². The van der Waals surface area contributed by atoms with Gasteiger partial charge >= 0.3 is 5.91 Å². The van der Waals surface area contributed by atoms with E-state index in [4.69, 9.17) is 0 Å². The normalized spacial score (nSPS) is 28.3. The Balaban J connectivity index is 1.49. The number of hydrogen-bond donors (Lipinski definition) is 2. The Labute approximate surface area is 104 Å². The summed E-state index contributed by atoms with van der Waals surface area (Å²) in [5.41, 5.74) is 4.79. The van der Waals surface area contributed by atoms with Crippen molar-refractivity contribution in [3.05, 3.63) is 24.3 Å². The third-order valence-corrected chi connectivity index (χ3v) is 3.68. The van der Waals surface area contributed by atoms with Crippen molar-refractivity contribution in [1.29, 1.82) is 0 Å². The van der Waals surface area contributed by atoms with Crippen LogP contribution >= 0.6 is 0 Å². The van der Waals surface area contributed by atoms with E-state index in [-0.39, 0.29) is 17.6 Å². The molecule has 1 aromatic rings. The molecule has 3 atom stereocenters. The molecule has 6 nitrogen and oxygen atoms in total. The largest absolute Gasteiger partial charge is 0.307 e. The number of fused-ring (bicyclic) bond motifs is 1. The summed E-state index contributed by atoms with van der Waals surface area (Å²) in [6.07, 6.45) is 6.14. The molecule has 2 saturated carbocycles. The van der Waals surface area contributed by atoms with Crippen LogP contribution in [-0.4, -0.2) is 21.8 Å². The van der Waals surface area contributed by atoms with Crippen molar-refractivity contribution in [3.8, 4) is 0 Å². The molecule has 3 rings (SSSR count). The maximum absolute atomic E-state index is 11.8. The van der Waals surface area contributed by atoms with E-state index in [1.807, 2.05) is 0 Å². The molecule has 94 valence electrons. The molecule has 1 unspecified atom stereocenters. The molecule has 2 aliphatic carbocycles. The van der Waals surface area contributed by atoms with E-state index in [1.54, 1.807) is 6.07 Å². The van der Waals surface area contributed by atoms with Gasteiger partial charge in [0.15, 0.2) is 0 Å². The first-order chi connectivity index (χ1) is 8.74. The lowest BCUT2D eigenvalue weighted by Crippen LogP contribution is -2.44. The van der Waals surface area contributed by atoms with Gasteiger partial charge in [0.1, 0.15) is 0 Å². The van der Waals surface area contributed by atoms with Crippen LogP contribution in [0.5, 0.6) is 0 Å². The highest BCUT2D eigenvalue weighted by molar-refractivity contribution is 5.92. The molecule has 0 spiro atoms. The molecular formula is C12H14N4O2. The van der Waals surface area contributed by atoms with Crippen molar-refractivity contribution in [3.63, 3.8) is 0 Å². The number of carbonyl (C=O) groups is 2. The van der Waals surface area contributed by atoms with Crippen molar-refractivity contribution in [1.82, 2.24) is 20.8 Å². The molecule has 0 aromatic carbocycles. The third-order valence-electron chi connectivity index (χ3n) is 3.68. The van der Waals surface area contributed by atoms with Gasteiger partial charge in [-0.05, 0) is 37.2 Å². The summed E-state index contributed by atoms with van der Waals surface area (Å²) in [7, 11) is 0. The van der Waals surface area contributed by atoms with Gasteiger partial charge in [-0.3, -0.25) is 20.4 Å². The number of amides is 2. The van der Waals surface area contributed by atoms with E-state index in [1.165, 1.54) is 18.8 Å². The van der Waals surface area contributed by atoms with E-state index < -0.39 is 5.91 Å². The van der Waals surface area contributed by atoms with Gasteiger partial charge < -0.3 is 0 Å². The highest BCUT2D eigenvalue weighted by atomic mass is 16.2. The van der Waals surface area contributed by atoms with Gasteiger partial charge in [-0.1, -0.05) is 0 Å². The Morgan fingerprint density at radius 2 is 1.72 bits per heavy atom. The van der Waals surface area contributed by atoms with Crippen LogP contribution in [0.4, 0.5) is 0 Å². The predicted molar refractivity (Wildman–Crippen MR) is 62.0 cm³/mol. The number of rotatable bonds is 2. The average molecular weight is 246 g/mol. The summed E-state index contributed by atoms with van der Waals surface area (Å²) in [5.74, 6) is 0.985. The number of aromatic nitrogens is 2. The number of nitrogens with zero attached hydrogens (tertiary/aromatic N) is 2. The molecule has 18 heavy (non-hydrogen) atoms. The SMILES string of the molecule is O=C(NNC(=O)C1C[C@@H]2C[C@@H]2C1)c1ncccn1. The Hall–Kier alpha value is -1.98. The molecule has 1 heterocycles. The van der Waals surface area contributed by atoms with Gasteiger partial charge in [-0.15, -0.1) is 0 Å². The first kappa shape index (κ1) is 11.1. The zero-order valence-corrected chi connectivity index (χ0v) is 9.80. The predicted octanol–water partition coefficient (Wildman–Crippen LogP) is 0.284. The van der Waals surface area contributed by atoms with Crippen LogP contribution in [-0.2, 0) is 4.79 Å². The molecule has 0 radical (unpaired) electrons. The fourth-order valence-electron chi connectivity index (χ4n) is 2.62. The Morgan fingerprint density at radius 1 is 1.06 bits per heavy atom. The summed E-state index contributed by atoms with van der Waals surface area (Å²) in [4.78, 5) is 31.0. The van der Waals surface area contributed by atoms with E-state index in [0.29, 0.717) is 0 Å². The summed E-state index contributed by atoms with van der Waals surface area (Å²) in [6.45, 7) is 0. The van der Waals surface area contributed by atoms with Gasteiger partial charge in [0, 0.05) is 18.3 Å². The fourth-order valence-corrected chi connectivity index (χ4v) is 2.62. The maximum Gasteiger partial charge on any atom is 0.307 e. The first-order valence-electron chi connectivity index (χ1n) is 6.11. The van der Waals surface area contributed by atoms with E-state index in [2.05, 4.69) is 20.8 Å². The molecule has 6 heteroatoms. The zero-order chi connectivity index (χ0) is 12.5. The van der Waals surface area contributed by atoms with Gasteiger partial charge in [0.05, 0.1) is 0 Å². The smallest absolute Gasteiger partial charge is 0.273 e. The Bertz CT molecular complexity index is 466. The molecular weight excluding hydrogens is 232 g/mol. The molecule has 1 aromatic heterocycles. The maximum atomic E-state index is 11.8. The molecule has 2 amide bonds. The van der Waals surface area contributed by atoms with Gasteiger partial charge in [0.2, 0.25) is 11.7 Å². The van der Waals surface area contributed by atoms with Gasteiger partial charge in [-0.2, -0.15) is 0 Å². The van der Waals surface area contributed by atoms with E-state index in [0.717, 1.165) is 24.7 Å². The molecule has 0 saturated heterocycles.